The van der Waals surface area contributed by atoms with Crippen molar-refractivity contribution in [2.24, 2.45) is 5.92 Å². The van der Waals surface area contributed by atoms with E-state index in [2.05, 4.69) is 19.2 Å². The number of benzene rings is 1. The third-order valence-corrected chi connectivity index (χ3v) is 4.01. The van der Waals surface area contributed by atoms with Crippen LogP contribution in [-0.2, 0) is 14.3 Å². The van der Waals surface area contributed by atoms with Crippen LogP contribution >= 0.6 is 11.8 Å². The number of ether oxygens (including phenoxy) is 2. The van der Waals surface area contributed by atoms with E-state index < -0.39 is 0 Å². The van der Waals surface area contributed by atoms with Crippen LogP contribution in [0.1, 0.15) is 32.1 Å². The lowest BCUT2D eigenvalue weighted by Crippen LogP contribution is -2.26. The molecule has 1 rings (SSSR count). The molecule has 0 saturated heterocycles. The SMILES string of the molecule is COC(OC)c1ccc(SCC(=O)NCCC(C)C)cc1. The number of hydrogen-bond acceptors (Lipinski definition) is 4. The minimum atomic E-state index is -0.344. The molecule has 5 heteroatoms. The van der Waals surface area contributed by atoms with E-state index in [9.17, 15) is 4.79 Å². The molecule has 0 aliphatic heterocycles. The molecule has 0 aliphatic carbocycles. The highest BCUT2D eigenvalue weighted by Crippen LogP contribution is 2.22. The molecule has 21 heavy (non-hydrogen) atoms. The zero-order valence-corrected chi connectivity index (χ0v) is 14.0. The number of nitrogens with one attached hydrogen (secondary N) is 1. The molecule has 4 nitrogen and oxygen atoms in total. The number of rotatable bonds is 9. The van der Waals surface area contributed by atoms with Crippen LogP contribution in [0.3, 0.4) is 0 Å². The summed E-state index contributed by atoms with van der Waals surface area (Å²) in [4.78, 5) is 12.8. The zero-order chi connectivity index (χ0) is 15.7. The van der Waals surface area contributed by atoms with Crippen LogP contribution in [0.25, 0.3) is 0 Å². The van der Waals surface area contributed by atoms with Gasteiger partial charge in [0.25, 0.3) is 0 Å². The molecule has 1 aromatic rings. The Balaban J connectivity index is 2.37. The molecule has 1 N–H and O–H groups in total. The van der Waals surface area contributed by atoms with E-state index in [-0.39, 0.29) is 12.2 Å². The summed E-state index contributed by atoms with van der Waals surface area (Å²) in [6.07, 6.45) is 0.670. The molecular formula is C16H25NO3S. The average Bonchev–Trinajstić information content (AvgIpc) is 2.47. The summed E-state index contributed by atoms with van der Waals surface area (Å²) in [5.41, 5.74) is 0.964. The van der Waals surface area contributed by atoms with Gasteiger partial charge in [0, 0.05) is 31.2 Å². The fourth-order valence-corrected chi connectivity index (χ4v) is 2.52. The molecule has 0 aromatic heterocycles. The number of carbonyl (C=O) groups excluding carboxylic acids is 1. The first-order chi connectivity index (χ1) is 10.1. The molecule has 0 aliphatic rings. The van der Waals surface area contributed by atoms with Crippen LogP contribution in [0.15, 0.2) is 29.2 Å². The maximum absolute atomic E-state index is 11.7. The van der Waals surface area contributed by atoms with Crippen LogP contribution in [0.5, 0.6) is 0 Å². The number of hydrogen-bond donors (Lipinski definition) is 1. The molecule has 0 radical (unpaired) electrons. The number of methoxy groups -OCH3 is 2. The van der Waals surface area contributed by atoms with Crippen molar-refractivity contribution in [1.29, 1.82) is 0 Å². The van der Waals surface area contributed by atoms with Crippen molar-refractivity contribution in [3.8, 4) is 0 Å². The van der Waals surface area contributed by atoms with Gasteiger partial charge in [-0.2, -0.15) is 0 Å². The van der Waals surface area contributed by atoms with Crippen molar-refractivity contribution in [3.05, 3.63) is 29.8 Å². The highest BCUT2D eigenvalue weighted by molar-refractivity contribution is 8.00. The normalized spacial score (nSPS) is 11.1. The summed E-state index contributed by atoms with van der Waals surface area (Å²) < 4.78 is 10.4. The van der Waals surface area contributed by atoms with Crippen molar-refractivity contribution in [1.82, 2.24) is 5.32 Å². The predicted molar refractivity (Wildman–Crippen MR) is 86.4 cm³/mol. The Labute approximate surface area is 131 Å². The van der Waals surface area contributed by atoms with Crippen LogP contribution in [0, 0.1) is 5.92 Å². The van der Waals surface area contributed by atoms with Gasteiger partial charge in [0.15, 0.2) is 6.29 Å². The third kappa shape index (κ3) is 6.98. The molecule has 0 atom stereocenters. The Morgan fingerprint density at radius 2 is 1.81 bits per heavy atom. The summed E-state index contributed by atoms with van der Waals surface area (Å²) in [5.74, 6) is 1.13. The standard InChI is InChI=1S/C16H25NO3S/c1-12(2)9-10-17-15(18)11-21-14-7-5-13(6-8-14)16(19-3)20-4/h5-8,12,16H,9-11H2,1-4H3,(H,17,18). The van der Waals surface area contributed by atoms with Gasteiger partial charge >= 0.3 is 0 Å². The van der Waals surface area contributed by atoms with Gasteiger partial charge in [0.05, 0.1) is 5.75 Å². The van der Waals surface area contributed by atoms with Crippen LogP contribution in [0.4, 0.5) is 0 Å². The summed E-state index contributed by atoms with van der Waals surface area (Å²) in [5, 5.41) is 2.93. The topological polar surface area (TPSA) is 47.6 Å². The lowest BCUT2D eigenvalue weighted by molar-refractivity contribution is -0.118. The zero-order valence-electron chi connectivity index (χ0n) is 13.2. The number of amides is 1. The van der Waals surface area contributed by atoms with Crippen LogP contribution < -0.4 is 5.32 Å². The Bertz CT molecular complexity index is 416. The largest absolute Gasteiger partial charge is 0.355 e. The summed E-state index contributed by atoms with van der Waals surface area (Å²) in [6, 6.07) is 7.87. The number of carbonyl (C=O) groups is 1. The first-order valence-corrected chi connectivity index (χ1v) is 8.10. The van der Waals surface area contributed by atoms with Gasteiger partial charge in [0.1, 0.15) is 0 Å². The second kappa shape index (κ2) is 9.82. The van der Waals surface area contributed by atoms with Crippen molar-refractivity contribution in [3.63, 3.8) is 0 Å². The van der Waals surface area contributed by atoms with E-state index in [4.69, 9.17) is 9.47 Å². The van der Waals surface area contributed by atoms with E-state index in [1.165, 1.54) is 11.8 Å². The maximum Gasteiger partial charge on any atom is 0.230 e. The van der Waals surface area contributed by atoms with Gasteiger partial charge in [-0.3, -0.25) is 4.79 Å². The van der Waals surface area contributed by atoms with Gasteiger partial charge in [0.2, 0.25) is 5.91 Å². The molecule has 0 saturated carbocycles. The monoisotopic (exact) mass is 311 g/mol. The molecule has 0 heterocycles. The van der Waals surface area contributed by atoms with Gasteiger partial charge in [-0.25, -0.2) is 0 Å². The van der Waals surface area contributed by atoms with E-state index in [0.717, 1.165) is 23.4 Å². The predicted octanol–water partition coefficient (Wildman–Crippen LogP) is 3.23. The molecule has 0 bridgehead atoms. The molecule has 118 valence electrons. The summed E-state index contributed by atoms with van der Waals surface area (Å²) >= 11 is 1.53. The molecule has 0 unspecified atom stereocenters. The fraction of sp³-hybridized carbons (Fsp3) is 0.562. The molecule has 0 fully saturated rings. The third-order valence-electron chi connectivity index (χ3n) is 2.99. The van der Waals surface area contributed by atoms with Gasteiger partial charge in [-0.15, -0.1) is 11.8 Å². The van der Waals surface area contributed by atoms with E-state index >= 15 is 0 Å². The lowest BCUT2D eigenvalue weighted by Gasteiger charge is -2.13. The fourth-order valence-electron chi connectivity index (χ4n) is 1.79. The van der Waals surface area contributed by atoms with Crippen molar-refractivity contribution in [2.45, 2.75) is 31.5 Å². The van der Waals surface area contributed by atoms with Crippen LogP contribution in [-0.4, -0.2) is 32.4 Å². The molecule has 0 spiro atoms. The summed E-state index contributed by atoms with van der Waals surface area (Å²) in [7, 11) is 3.22. The molecular weight excluding hydrogens is 286 g/mol. The minimum Gasteiger partial charge on any atom is -0.355 e. The molecule has 1 aromatic carbocycles. The second-order valence-electron chi connectivity index (χ2n) is 5.19. The highest BCUT2D eigenvalue weighted by atomic mass is 32.2. The lowest BCUT2D eigenvalue weighted by atomic mass is 10.1. The Hall–Kier alpha value is -1.04. The van der Waals surface area contributed by atoms with Crippen LogP contribution in [0.2, 0.25) is 0 Å². The first kappa shape index (κ1) is 18.0. The van der Waals surface area contributed by atoms with Crippen molar-refractivity contribution in [2.75, 3.05) is 26.5 Å². The minimum absolute atomic E-state index is 0.0800. The van der Waals surface area contributed by atoms with Gasteiger partial charge in [-0.05, 0) is 24.5 Å². The Morgan fingerprint density at radius 1 is 1.19 bits per heavy atom. The van der Waals surface area contributed by atoms with Crippen molar-refractivity contribution < 1.29 is 14.3 Å². The number of thioether (sulfide) groups is 1. The maximum atomic E-state index is 11.7. The Kier molecular flexibility index (Phi) is 8.42. The highest BCUT2D eigenvalue weighted by Gasteiger charge is 2.09. The molecule has 1 amide bonds. The first-order valence-electron chi connectivity index (χ1n) is 7.11. The van der Waals surface area contributed by atoms with Crippen molar-refractivity contribution >= 4 is 17.7 Å². The Morgan fingerprint density at radius 3 is 2.33 bits per heavy atom. The van der Waals surface area contributed by atoms with Gasteiger partial charge < -0.3 is 14.8 Å². The average molecular weight is 311 g/mol. The van der Waals surface area contributed by atoms with E-state index in [1.54, 1.807) is 14.2 Å². The smallest absolute Gasteiger partial charge is 0.230 e. The second-order valence-corrected chi connectivity index (χ2v) is 6.24. The summed E-state index contributed by atoms with van der Waals surface area (Å²) in [6.45, 7) is 5.05. The van der Waals surface area contributed by atoms with E-state index in [1.807, 2.05) is 24.3 Å². The van der Waals surface area contributed by atoms with E-state index in [0.29, 0.717) is 11.7 Å². The van der Waals surface area contributed by atoms with Gasteiger partial charge in [-0.1, -0.05) is 26.0 Å². The quantitative estimate of drug-likeness (QED) is 0.562.